The van der Waals surface area contributed by atoms with Crippen LogP contribution in [0.2, 0.25) is 0 Å². The van der Waals surface area contributed by atoms with E-state index in [1.165, 1.54) is 12.4 Å². The Bertz CT molecular complexity index is 1180. The van der Waals surface area contributed by atoms with Gasteiger partial charge in [0.05, 0.1) is 19.4 Å². The number of carbonyl (C=O) groups is 2. The first-order valence-corrected chi connectivity index (χ1v) is 16.8. The first-order chi connectivity index (χ1) is 22.5. The van der Waals surface area contributed by atoms with Gasteiger partial charge in [0.2, 0.25) is 17.8 Å². The van der Waals surface area contributed by atoms with Gasteiger partial charge in [-0.2, -0.15) is 4.73 Å². The number of amides is 2. The lowest BCUT2D eigenvalue weighted by Gasteiger charge is -2.34. The summed E-state index contributed by atoms with van der Waals surface area (Å²) in [4.78, 5) is 31.2. The highest BCUT2D eigenvalue weighted by molar-refractivity contribution is 5.91. The molecule has 1 atom stereocenters. The number of nitrogens with one attached hydrogen (secondary N) is 2. The van der Waals surface area contributed by atoms with Crippen molar-refractivity contribution in [3.05, 3.63) is 102 Å². The number of hydrogen-bond acceptors (Lipinski definition) is 6. The second-order valence-corrected chi connectivity index (χ2v) is 11.2. The summed E-state index contributed by atoms with van der Waals surface area (Å²) in [7, 11) is 0. The summed E-state index contributed by atoms with van der Waals surface area (Å²) in [5, 5.41) is 17.7. The Morgan fingerprint density at radius 1 is 0.870 bits per heavy atom. The fourth-order valence-corrected chi connectivity index (χ4v) is 4.80. The van der Waals surface area contributed by atoms with Gasteiger partial charge in [-0.15, -0.1) is 0 Å². The van der Waals surface area contributed by atoms with Crippen LogP contribution < -0.4 is 15.4 Å². The van der Waals surface area contributed by atoms with Crippen LogP contribution in [0.1, 0.15) is 87.3 Å². The Morgan fingerprint density at radius 3 is 1.93 bits per heavy atom. The van der Waals surface area contributed by atoms with Crippen LogP contribution in [0.5, 0.6) is 0 Å². The Hall–Kier alpha value is -3.82. The molecule has 2 N–H and O–H groups in total. The zero-order chi connectivity index (χ0) is 33.1. The smallest absolute Gasteiger partial charge is 0.276 e. The maximum atomic E-state index is 12.4. The van der Waals surface area contributed by atoms with Crippen molar-refractivity contribution in [2.45, 2.75) is 84.1 Å². The number of rotatable bonds is 22. The van der Waals surface area contributed by atoms with E-state index in [4.69, 9.17) is 4.74 Å². The summed E-state index contributed by atoms with van der Waals surface area (Å²) in [6, 6.07) is 0.197. The van der Waals surface area contributed by atoms with Gasteiger partial charge in [-0.25, -0.2) is 4.98 Å². The van der Waals surface area contributed by atoms with Gasteiger partial charge in [-0.1, -0.05) is 79.8 Å². The normalized spacial score (nSPS) is 15.3. The van der Waals surface area contributed by atoms with Crippen molar-refractivity contribution in [1.29, 1.82) is 0 Å². The molecule has 1 unspecified atom stereocenters. The van der Waals surface area contributed by atoms with E-state index in [1.54, 1.807) is 6.92 Å². The van der Waals surface area contributed by atoms with Crippen LogP contribution in [0, 0.1) is 12.1 Å². The molecule has 0 aliphatic carbocycles. The molecule has 9 heteroatoms. The molecule has 0 radical (unpaired) electrons. The number of ether oxygens (including phenoxy) is 1. The van der Waals surface area contributed by atoms with Gasteiger partial charge >= 0.3 is 0 Å². The summed E-state index contributed by atoms with van der Waals surface area (Å²) in [6.07, 6.45) is 37.2. The molecule has 9 nitrogen and oxygen atoms in total. The van der Waals surface area contributed by atoms with Crippen molar-refractivity contribution in [2.75, 3.05) is 39.4 Å². The fraction of sp³-hybridized carbons (Fsp3) is 0.514. The molecule has 0 aromatic carbocycles. The maximum Gasteiger partial charge on any atom is 0.276 e. The van der Waals surface area contributed by atoms with Gasteiger partial charge in [0.1, 0.15) is 0 Å². The number of allylic oxidation sites excluding steroid dienone is 12. The molecule has 252 valence electrons. The lowest BCUT2D eigenvalue weighted by molar-refractivity contribution is -0.613. The second-order valence-electron chi connectivity index (χ2n) is 11.2. The number of aryl methyl sites for hydroxylation is 1. The molecule has 2 heterocycles. The highest BCUT2D eigenvalue weighted by atomic mass is 16.5. The van der Waals surface area contributed by atoms with Gasteiger partial charge < -0.3 is 20.6 Å². The third kappa shape index (κ3) is 18.2. The highest BCUT2D eigenvalue weighted by Gasteiger charge is 2.21. The van der Waals surface area contributed by atoms with Crippen molar-refractivity contribution < 1.29 is 19.1 Å². The van der Waals surface area contributed by atoms with Crippen LogP contribution in [0.4, 0.5) is 0 Å². The van der Waals surface area contributed by atoms with Gasteiger partial charge in [0.25, 0.3) is 5.91 Å². The molecule has 0 saturated carbocycles. The van der Waals surface area contributed by atoms with E-state index in [0.29, 0.717) is 49.6 Å². The van der Waals surface area contributed by atoms with Crippen LogP contribution in [-0.2, 0) is 9.53 Å². The van der Waals surface area contributed by atoms with E-state index >= 15 is 0 Å². The Morgan fingerprint density at radius 2 is 1.39 bits per heavy atom. The van der Waals surface area contributed by atoms with E-state index in [2.05, 4.69) is 100 Å². The summed E-state index contributed by atoms with van der Waals surface area (Å²) >= 11 is 0. The topological polar surface area (TPSA) is 110 Å². The van der Waals surface area contributed by atoms with Gasteiger partial charge in [0, 0.05) is 45.6 Å². The van der Waals surface area contributed by atoms with Crippen molar-refractivity contribution in [3.63, 3.8) is 0 Å². The predicted octanol–water partition coefficient (Wildman–Crippen LogP) is 5.83. The summed E-state index contributed by atoms with van der Waals surface area (Å²) in [5.74, 6) is -0.321. The molecule has 1 aromatic heterocycles. The molecule has 46 heavy (non-hydrogen) atoms. The Kier molecular flexibility index (Phi) is 21.2. The summed E-state index contributed by atoms with van der Waals surface area (Å²) < 4.78 is 6.15. The van der Waals surface area contributed by atoms with Crippen LogP contribution >= 0.6 is 0 Å². The first-order valence-electron chi connectivity index (χ1n) is 16.8. The average Bonchev–Trinajstić information content (AvgIpc) is 3.06. The largest absolute Gasteiger partial charge is 0.618 e. The molecule has 1 aliphatic rings. The molecule has 0 spiro atoms. The van der Waals surface area contributed by atoms with Crippen LogP contribution in [0.15, 0.2) is 85.3 Å². The minimum Gasteiger partial charge on any atom is -0.618 e. The van der Waals surface area contributed by atoms with Crippen molar-refractivity contribution in [2.24, 2.45) is 0 Å². The van der Waals surface area contributed by atoms with Gasteiger partial charge in [-0.3, -0.25) is 14.5 Å². The number of hydrogen-bond donors (Lipinski definition) is 2. The molecule has 2 rings (SSSR count). The highest BCUT2D eigenvalue weighted by Crippen LogP contribution is 2.11. The molecule has 0 bridgehead atoms. The predicted molar refractivity (Wildman–Crippen MR) is 186 cm³/mol. The lowest BCUT2D eigenvalue weighted by Crippen LogP contribution is -2.46. The lowest BCUT2D eigenvalue weighted by atomic mass is 10.1. The molecule has 1 aliphatic heterocycles. The number of nitrogens with zero attached hydrogens (tertiary/aromatic N) is 3. The van der Waals surface area contributed by atoms with Crippen LogP contribution in [0.25, 0.3) is 0 Å². The van der Waals surface area contributed by atoms with Crippen molar-refractivity contribution >= 4 is 11.8 Å². The molecular weight excluding hydrogens is 578 g/mol. The van der Waals surface area contributed by atoms with E-state index in [9.17, 15) is 14.8 Å². The minimum atomic E-state index is -0.368. The average molecular weight is 634 g/mol. The molecule has 1 fully saturated rings. The maximum absolute atomic E-state index is 12.4. The quantitative estimate of drug-likeness (QED) is 0.0945. The minimum absolute atomic E-state index is 0.0462. The Labute approximate surface area is 276 Å². The second kappa shape index (κ2) is 25.4. The molecule has 2 amide bonds. The van der Waals surface area contributed by atoms with Gasteiger partial charge in [-0.05, 0) is 57.8 Å². The zero-order valence-electron chi connectivity index (χ0n) is 27.9. The van der Waals surface area contributed by atoms with Crippen molar-refractivity contribution in [1.82, 2.24) is 20.5 Å². The molecule has 1 saturated heterocycles. The van der Waals surface area contributed by atoms with Crippen LogP contribution in [0.3, 0.4) is 0 Å². The Balaban J connectivity index is 1.56. The van der Waals surface area contributed by atoms with Crippen molar-refractivity contribution in [3.8, 4) is 0 Å². The summed E-state index contributed by atoms with van der Waals surface area (Å²) in [5.41, 5.74) is 0.533. The van der Waals surface area contributed by atoms with Gasteiger partial charge in [0.15, 0.2) is 5.69 Å². The third-order valence-corrected chi connectivity index (χ3v) is 7.47. The molecule has 1 aromatic rings. The standard InChI is InChI=1S/C37H55N5O4/c1-3-4-5-6-7-8-9-10-11-12-13-14-15-16-17-18-19-20-21-22-36(43)38-25-23-34(41-27-29-46-30-28-41)24-26-39-37(44)35-32-42(45)33(2)31-40-35/h4-5,7-8,10-11,13-14,16-17,19-20,31-32,34H,3,6,9,12,15,18,21-30H2,1-2H3,(H,38,43)(H,39,44)/b5-4-,8-7-,11-10-,14-13-,17-16-,20-19-. The fourth-order valence-electron chi connectivity index (χ4n) is 4.80. The number of carbonyl (C=O) groups excluding carboxylic acids is 2. The van der Waals surface area contributed by atoms with E-state index in [1.807, 2.05) is 0 Å². The molecular formula is C37H55N5O4. The first kappa shape index (κ1) is 38.4. The zero-order valence-corrected chi connectivity index (χ0v) is 27.9. The van der Waals surface area contributed by atoms with E-state index in [-0.39, 0.29) is 23.6 Å². The number of aromatic nitrogens is 2. The van der Waals surface area contributed by atoms with E-state index < -0.39 is 0 Å². The monoisotopic (exact) mass is 633 g/mol. The number of morpholine rings is 1. The van der Waals surface area contributed by atoms with E-state index in [0.717, 1.165) is 64.5 Å². The summed E-state index contributed by atoms with van der Waals surface area (Å²) in [6.45, 7) is 7.82. The third-order valence-electron chi connectivity index (χ3n) is 7.47. The van der Waals surface area contributed by atoms with Crippen LogP contribution in [-0.4, -0.2) is 67.1 Å². The SMILES string of the molecule is CC/C=C\C/C=C\C/C=C\C/C=C\C/C=C\C/C=C\CCC(=O)NCCC(CCNC(=O)c1c[n+]([O-])c(C)cn1)N1CCOCC1.